The number of rotatable bonds is 4. The van der Waals surface area contributed by atoms with Gasteiger partial charge in [0.05, 0.1) is 6.54 Å². The van der Waals surface area contributed by atoms with Crippen LogP contribution in [0.1, 0.15) is 41.0 Å². The average Bonchev–Trinajstić information content (AvgIpc) is 2.02. The molecule has 0 heterocycles. The topological polar surface area (TPSA) is 64.3 Å². The summed E-state index contributed by atoms with van der Waals surface area (Å²) in [6.45, 7) is 11.2. The largest absolute Gasteiger partial charge is 0.459 e. The number of ether oxygens (including phenoxy) is 1. The third kappa shape index (κ3) is 19.7. The number of carbonyl (C=O) groups excluding carboxylic acids is 1. The molecule has 0 saturated heterocycles. The van der Waals surface area contributed by atoms with Gasteiger partial charge in [-0.3, -0.25) is 4.79 Å². The Labute approximate surface area is 93.6 Å². The molecule has 0 aromatic rings. The molecule has 4 heteroatoms. The van der Waals surface area contributed by atoms with Crippen molar-refractivity contribution in [1.29, 1.82) is 0 Å². The average molecular weight is 218 g/mol. The number of carbonyl (C=O) groups is 1. The van der Waals surface area contributed by atoms with Gasteiger partial charge < -0.3 is 15.8 Å². The van der Waals surface area contributed by atoms with E-state index in [2.05, 4.69) is 19.2 Å². The van der Waals surface area contributed by atoms with Crippen molar-refractivity contribution in [3.05, 3.63) is 0 Å². The normalized spacial score (nSPS) is 10.3. The number of nitrogens with two attached hydrogens (primary N) is 1. The van der Waals surface area contributed by atoms with E-state index in [0.29, 0.717) is 13.1 Å². The molecular weight excluding hydrogens is 192 g/mol. The second-order valence-electron chi connectivity index (χ2n) is 4.26. The third-order valence-corrected chi connectivity index (χ3v) is 1.01. The van der Waals surface area contributed by atoms with Crippen LogP contribution in [-0.4, -0.2) is 31.2 Å². The number of nitrogens with one attached hydrogen (secondary N) is 1. The molecule has 92 valence electrons. The van der Waals surface area contributed by atoms with Gasteiger partial charge in [0.15, 0.2) is 0 Å². The van der Waals surface area contributed by atoms with Crippen LogP contribution in [0.25, 0.3) is 0 Å². The Morgan fingerprint density at radius 3 is 2.13 bits per heavy atom. The molecule has 15 heavy (non-hydrogen) atoms. The molecule has 0 radical (unpaired) electrons. The Kier molecular flexibility index (Phi) is 11.1. The van der Waals surface area contributed by atoms with E-state index < -0.39 is 5.60 Å². The van der Waals surface area contributed by atoms with Gasteiger partial charge in [0.2, 0.25) is 0 Å². The summed E-state index contributed by atoms with van der Waals surface area (Å²) < 4.78 is 5.04. The zero-order chi connectivity index (χ0) is 12.3. The fourth-order valence-corrected chi connectivity index (χ4v) is 0.670. The van der Waals surface area contributed by atoms with Crippen molar-refractivity contribution in [1.82, 2.24) is 5.32 Å². The summed E-state index contributed by atoms with van der Waals surface area (Å²) in [4.78, 5) is 11.0. The summed E-state index contributed by atoms with van der Waals surface area (Å²) in [6.07, 6.45) is 1.25. The first kappa shape index (κ1) is 16.8. The molecule has 0 bridgehead atoms. The van der Waals surface area contributed by atoms with Crippen molar-refractivity contribution >= 4 is 5.97 Å². The quantitative estimate of drug-likeness (QED) is 0.551. The van der Waals surface area contributed by atoms with E-state index in [1.807, 2.05) is 20.8 Å². The van der Waals surface area contributed by atoms with Crippen molar-refractivity contribution in [2.24, 2.45) is 5.73 Å². The molecule has 0 unspecified atom stereocenters. The second kappa shape index (κ2) is 9.93. The van der Waals surface area contributed by atoms with Gasteiger partial charge in [-0.2, -0.15) is 0 Å². The molecule has 0 fully saturated rings. The first-order chi connectivity index (χ1) is 6.87. The predicted molar refractivity (Wildman–Crippen MR) is 63.7 cm³/mol. The van der Waals surface area contributed by atoms with Crippen LogP contribution in [0.5, 0.6) is 0 Å². The first-order valence-electron chi connectivity index (χ1n) is 5.50. The molecule has 0 rings (SSSR count). The van der Waals surface area contributed by atoms with Gasteiger partial charge in [0, 0.05) is 13.1 Å². The zero-order valence-electron chi connectivity index (χ0n) is 10.7. The third-order valence-electron chi connectivity index (χ3n) is 1.01. The lowest BCUT2D eigenvalue weighted by molar-refractivity contribution is -0.153. The molecule has 0 aliphatic rings. The Bertz CT molecular complexity index is 153. The minimum atomic E-state index is -0.401. The van der Waals surface area contributed by atoms with E-state index in [4.69, 9.17) is 10.5 Å². The van der Waals surface area contributed by atoms with E-state index in [1.54, 1.807) is 0 Å². The summed E-state index contributed by atoms with van der Waals surface area (Å²) in [5.74, 6) is -0.240. The highest BCUT2D eigenvalue weighted by Gasteiger charge is 2.15. The SMILES string of the molecule is CC(C)(C)OC(=O)CNCCN.CCC. The van der Waals surface area contributed by atoms with Gasteiger partial charge in [0.1, 0.15) is 5.60 Å². The molecule has 0 amide bonds. The van der Waals surface area contributed by atoms with Crippen molar-refractivity contribution in [3.8, 4) is 0 Å². The first-order valence-corrected chi connectivity index (χ1v) is 5.50. The van der Waals surface area contributed by atoms with E-state index in [1.165, 1.54) is 6.42 Å². The summed E-state index contributed by atoms with van der Waals surface area (Å²) in [5, 5.41) is 2.86. The molecule has 0 aliphatic carbocycles. The maximum atomic E-state index is 11.0. The molecule has 0 aliphatic heterocycles. The van der Waals surface area contributed by atoms with Crippen molar-refractivity contribution < 1.29 is 9.53 Å². The minimum absolute atomic E-state index is 0.231. The van der Waals surface area contributed by atoms with Crippen molar-refractivity contribution in [3.63, 3.8) is 0 Å². The lowest BCUT2D eigenvalue weighted by Gasteiger charge is -2.19. The van der Waals surface area contributed by atoms with Gasteiger partial charge in [-0.1, -0.05) is 20.3 Å². The van der Waals surface area contributed by atoms with E-state index >= 15 is 0 Å². The van der Waals surface area contributed by atoms with Crippen LogP contribution in [0.3, 0.4) is 0 Å². The van der Waals surface area contributed by atoms with Crippen LogP contribution in [0.2, 0.25) is 0 Å². The van der Waals surface area contributed by atoms with Gasteiger partial charge >= 0.3 is 5.97 Å². The highest BCUT2D eigenvalue weighted by molar-refractivity contribution is 5.72. The minimum Gasteiger partial charge on any atom is -0.459 e. The number of hydrogen-bond acceptors (Lipinski definition) is 4. The van der Waals surface area contributed by atoms with Gasteiger partial charge in [-0.25, -0.2) is 0 Å². The second-order valence-corrected chi connectivity index (χ2v) is 4.26. The van der Waals surface area contributed by atoms with Crippen LogP contribution in [0, 0.1) is 0 Å². The monoisotopic (exact) mass is 218 g/mol. The predicted octanol–water partition coefficient (Wildman–Crippen LogP) is 1.29. The smallest absolute Gasteiger partial charge is 0.320 e. The number of esters is 1. The summed E-state index contributed by atoms with van der Waals surface area (Å²) in [7, 11) is 0. The van der Waals surface area contributed by atoms with Crippen molar-refractivity contribution in [2.75, 3.05) is 19.6 Å². The molecule has 4 nitrogen and oxygen atoms in total. The Hall–Kier alpha value is -0.610. The standard InChI is InChI=1S/C8H18N2O2.C3H8/c1-8(2,3)12-7(11)6-10-5-4-9;1-3-2/h10H,4-6,9H2,1-3H3;3H2,1-2H3. The molecule has 0 atom stereocenters. The molecule has 0 aromatic carbocycles. The number of hydrogen-bond donors (Lipinski definition) is 2. The highest BCUT2D eigenvalue weighted by Crippen LogP contribution is 2.05. The van der Waals surface area contributed by atoms with Crippen LogP contribution < -0.4 is 11.1 Å². The lowest BCUT2D eigenvalue weighted by Crippen LogP contribution is -2.33. The Balaban J connectivity index is 0. The van der Waals surface area contributed by atoms with Crippen LogP contribution in [0.15, 0.2) is 0 Å². The van der Waals surface area contributed by atoms with E-state index in [0.717, 1.165) is 0 Å². The summed E-state index contributed by atoms with van der Waals surface area (Å²) in [5.41, 5.74) is 4.83. The lowest BCUT2D eigenvalue weighted by atomic mass is 10.2. The summed E-state index contributed by atoms with van der Waals surface area (Å²) >= 11 is 0. The fraction of sp³-hybridized carbons (Fsp3) is 0.909. The van der Waals surface area contributed by atoms with Gasteiger partial charge in [-0.15, -0.1) is 0 Å². The maximum absolute atomic E-state index is 11.0. The molecule has 0 spiro atoms. The molecule has 3 N–H and O–H groups in total. The zero-order valence-corrected chi connectivity index (χ0v) is 10.7. The highest BCUT2D eigenvalue weighted by atomic mass is 16.6. The Morgan fingerprint density at radius 2 is 1.80 bits per heavy atom. The maximum Gasteiger partial charge on any atom is 0.320 e. The van der Waals surface area contributed by atoms with E-state index in [-0.39, 0.29) is 12.5 Å². The molecule has 0 aromatic heterocycles. The summed E-state index contributed by atoms with van der Waals surface area (Å²) in [6, 6.07) is 0. The Morgan fingerprint density at radius 1 is 1.33 bits per heavy atom. The van der Waals surface area contributed by atoms with Gasteiger partial charge in [-0.05, 0) is 20.8 Å². The molecular formula is C11H26N2O2. The van der Waals surface area contributed by atoms with Crippen LogP contribution in [0.4, 0.5) is 0 Å². The molecule has 0 saturated carbocycles. The van der Waals surface area contributed by atoms with Crippen LogP contribution >= 0.6 is 0 Å². The van der Waals surface area contributed by atoms with Gasteiger partial charge in [0.25, 0.3) is 0 Å². The fourth-order valence-electron chi connectivity index (χ4n) is 0.670. The van der Waals surface area contributed by atoms with Crippen molar-refractivity contribution in [2.45, 2.75) is 46.6 Å². The van der Waals surface area contributed by atoms with E-state index in [9.17, 15) is 4.79 Å². The van der Waals surface area contributed by atoms with Crippen LogP contribution in [-0.2, 0) is 9.53 Å².